The molecule has 1 heteroatoms. The van der Waals surface area contributed by atoms with Crippen LogP contribution in [-0.4, -0.2) is 5.78 Å². The van der Waals surface area contributed by atoms with Crippen LogP contribution in [0.3, 0.4) is 0 Å². The van der Waals surface area contributed by atoms with Crippen LogP contribution in [0.1, 0.15) is 58.8 Å². The van der Waals surface area contributed by atoms with E-state index in [-0.39, 0.29) is 0 Å². The van der Waals surface area contributed by atoms with Crippen LogP contribution < -0.4 is 0 Å². The Hall–Kier alpha value is -0.330. The van der Waals surface area contributed by atoms with Gasteiger partial charge in [0.15, 0.2) is 0 Å². The normalized spacial score (nSPS) is 29.2. The van der Waals surface area contributed by atoms with E-state index < -0.39 is 0 Å². The lowest BCUT2D eigenvalue weighted by Crippen LogP contribution is -2.20. The molecular formula is C12H22O. The summed E-state index contributed by atoms with van der Waals surface area (Å²) >= 11 is 0. The zero-order valence-electron chi connectivity index (χ0n) is 9.01. The first-order valence-corrected chi connectivity index (χ1v) is 5.74. The molecule has 1 rings (SSSR count). The van der Waals surface area contributed by atoms with Gasteiger partial charge in [0.25, 0.3) is 0 Å². The number of Topliss-reactive ketones (excluding diaryl/α,β-unsaturated/α-hetero) is 1. The van der Waals surface area contributed by atoms with Crippen LogP contribution in [0.25, 0.3) is 0 Å². The topological polar surface area (TPSA) is 17.1 Å². The maximum atomic E-state index is 11.3. The van der Waals surface area contributed by atoms with Crippen LogP contribution in [0, 0.1) is 11.8 Å². The molecule has 13 heavy (non-hydrogen) atoms. The van der Waals surface area contributed by atoms with Crippen LogP contribution in [0.5, 0.6) is 0 Å². The fourth-order valence-corrected chi connectivity index (χ4v) is 2.43. The Kier molecular flexibility index (Phi) is 4.47. The van der Waals surface area contributed by atoms with Gasteiger partial charge in [-0.3, -0.25) is 4.79 Å². The summed E-state index contributed by atoms with van der Waals surface area (Å²) in [6, 6.07) is 0. The molecule has 0 amide bonds. The monoisotopic (exact) mass is 182 g/mol. The highest BCUT2D eigenvalue weighted by Crippen LogP contribution is 2.29. The van der Waals surface area contributed by atoms with Crippen LogP contribution in [0.15, 0.2) is 0 Å². The molecule has 0 spiro atoms. The largest absolute Gasteiger partial charge is 0.300 e. The fourth-order valence-electron chi connectivity index (χ4n) is 2.43. The van der Waals surface area contributed by atoms with E-state index in [9.17, 15) is 4.79 Å². The molecule has 0 radical (unpaired) electrons. The number of unbranched alkanes of at least 4 members (excludes halogenated alkanes) is 2. The number of carbonyl (C=O) groups excluding carboxylic acids is 1. The highest BCUT2D eigenvalue weighted by molar-refractivity contribution is 5.79. The summed E-state index contributed by atoms with van der Waals surface area (Å²) < 4.78 is 0. The van der Waals surface area contributed by atoms with Gasteiger partial charge in [0, 0.05) is 12.8 Å². The van der Waals surface area contributed by atoms with Gasteiger partial charge in [0.2, 0.25) is 0 Å². The molecule has 0 bridgehead atoms. The van der Waals surface area contributed by atoms with Gasteiger partial charge in [-0.25, -0.2) is 0 Å². The predicted octanol–water partition coefficient (Wildman–Crippen LogP) is 3.57. The van der Waals surface area contributed by atoms with Crippen molar-refractivity contribution in [2.45, 2.75) is 58.8 Å². The lowest BCUT2D eigenvalue weighted by molar-refractivity contribution is -0.122. The maximum Gasteiger partial charge on any atom is 0.133 e. The van der Waals surface area contributed by atoms with Gasteiger partial charge in [-0.1, -0.05) is 39.5 Å². The van der Waals surface area contributed by atoms with E-state index in [0.29, 0.717) is 17.6 Å². The van der Waals surface area contributed by atoms with Gasteiger partial charge in [-0.05, 0) is 18.3 Å². The third-order valence-electron chi connectivity index (χ3n) is 3.04. The highest BCUT2D eigenvalue weighted by Gasteiger charge is 2.23. The molecule has 0 aromatic heterocycles. The Morgan fingerprint density at radius 1 is 1.31 bits per heavy atom. The predicted molar refractivity (Wildman–Crippen MR) is 55.7 cm³/mol. The van der Waals surface area contributed by atoms with Gasteiger partial charge in [0.1, 0.15) is 5.78 Å². The third kappa shape index (κ3) is 3.93. The summed E-state index contributed by atoms with van der Waals surface area (Å²) in [6.45, 7) is 4.44. The minimum atomic E-state index is 0.500. The van der Waals surface area contributed by atoms with Crippen LogP contribution in [0.2, 0.25) is 0 Å². The van der Waals surface area contributed by atoms with Crippen LogP contribution >= 0.6 is 0 Å². The zero-order valence-corrected chi connectivity index (χ0v) is 9.01. The van der Waals surface area contributed by atoms with E-state index >= 15 is 0 Å². The molecule has 76 valence electrons. The minimum Gasteiger partial charge on any atom is -0.300 e. The first-order valence-electron chi connectivity index (χ1n) is 5.74. The molecule has 1 fully saturated rings. The summed E-state index contributed by atoms with van der Waals surface area (Å²) in [7, 11) is 0. The molecule has 1 aliphatic rings. The van der Waals surface area contributed by atoms with E-state index in [1.165, 1.54) is 32.1 Å². The summed E-state index contributed by atoms with van der Waals surface area (Å²) in [6.07, 6.45) is 8.22. The van der Waals surface area contributed by atoms with Gasteiger partial charge in [0.05, 0.1) is 0 Å². The van der Waals surface area contributed by atoms with Gasteiger partial charge in [-0.15, -0.1) is 0 Å². The number of hydrogen-bond donors (Lipinski definition) is 0. The molecule has 0 aliphatic heterocycles. The molecule has 1 nitrogen and oxygen atoms in total. The minimum absolute atomic E-state index is 0.500. The van der Waals surface area contributed by atoms with Gasteiger partial charge < -0.3 is 0 Å². The molecule has 0 N–H and O–H groups in total. The lowest BCUT2D eigenvalue weighted by Gasteiger charge is -2.25. The summed E-state index contributed by atoms with van der Waals surface area (Å²) in [5.74, 6) is 1.86. The Bertz CT molecular complexity index is 163. The quantitative estimate of drug-likeness (QED) is 0.607. The standard InChI is InChI=1S/C12H22O/c1-3-4-5-6-11-7-10(2)8-12(13)9-11/h10-11H,3-9H2,1-2H3. The molecular weight excluding hydrogens is 160 g/mol. The molecule has 2 atom stereocenters. The third-order valence-corrected chi connectivity index (χ3v) is 3.04. The molecule has 1 aliphatic carbocycles. The van der Waals surface area contributed by atoms with E-state index in [2.05, 4.69) is 13.8 Å². The molecule has 0 aromatic carbocycles. The first kappa shape index (κ1) is 10.7. The maximum absolute atomic E-state index is 11.3. The van der Waals surface area contributed by atoms with Crippen molar-refractivity contribution >= 4 is 5.78 Å². The summed E-state index contributed by atoms with van der Waals surface area (Å²) in [5, 5.41) is 0. The van der Waals surface area contributed by atoms with Crippen molar-refractivity contribution in [3.8, 4) is 0 Å². The van der Waals surface area contributed by atoms with Crippen LogP contribution in [0.4, 0.5) is 0 Å². The van der Waals surface area contributed by atoms with Crippen molar-refractivity contribution in [2.75, 3.05) is 0 Å². The Balaban J connectivity index is 2.21. The molecule has 2 unspecified atom stereocenters. The second kappa shape index (κ2) is 5.41. The molecule has 0 aromatic rings. The SMILES string of the molecule is CCCCCC1CC(=O)CC(C)C1. The van der Waals surface area contributed by atoms with Crippen LogP contribution in [-0.2, 0) is 4.79 Å². The number of ketones is 1. The lowest BCUT2D eigenvalue weighted by atomic mass is 9.79. The van der Waals surface area contributed by atoms with Crippen molar-refractivity contribution in [3.05, 3.63) is 0 Å². The number of carbonyl (C=O) groups is 1. The Morgan fingerprint density at radius 2 is 2.08 bits per heavy atom. The Labute approximate surface area is 81.9 Å². The highest BCUT2D eigenvalue weighted by atomic mass is 16.1. The van der Waals surface area contributed by atoms with Crippen molar-refractivity contribution in [2.24, 2.45) is 11.8 Å². The summed E-state index contributed by atoms with van der Waals surface area (Å²) in [4.78, 5) is 11.3. The molecule has 1 saturated carbocycles. The van der Waals surface area contributed by atoms with Crippen molar-refractivity contribution in [1.82, 2.24) is 0 Å². The number of hydrogen-bond acceptors (Lipinski definition) is 1. The number of rotatable bonds is 4. The van der Waals surface area contributed by atoms with E-state index in [1.54, 1.807) is 0 Å². The van der Waals surface area contributed by atoms with E-state index in [1.807, 2.05) is 0 Å². The van der Waals surface area contributed by atoms with Crippen molar-refractivity contribution in [3.63, 3.8) is 0 Å². The van der Waals surface area contributed by atoms with E-state index in [4.69, 9.17) is 0 Å². The smallest absolute Gasteiger partial charge is 0.133 e. The molecule has 0 saturated heterocycles. The second-order valence-electron chi connectivity index (χ2n) is 4.65. The average Bonchev–Trinajstić information content (AvgIpc) is 2.03. The average molecular weight is 182 g/mol. The van der Waals surface area contributed by atoms with Gasteiger partial charge in [-0.2, -0.15) is 0 Å². The Morgan fingerprint density at radius 3 is 2.69 bits per heavy atom. The fraction of sp³-hybridized carbons (Fsp3) is 0.917. The second-order valence-corrected chi connectivity index (χ2v) is 4.65. The zero-order chi connectivity index (χ0) is 9.68. The van der Waals surface area contributed by atoms with Crippen molar-refractivity contribution < 1.29 is 4.79 Å². The van der Waals surface area contributed by atoms with Gasteiger partial charge >= 0.3 is 0 Å². The molecule has 0 heterocycles. The van der Waals surface area contributed by atoms with E-state index in [0.717, 1.165) is 12.8 Å². The van der Waals surface area contributed by atoms with Crippen molar-refractivity contribution in [1.29, 1.82) is 0 Å². The summed E-state index contributed by atoms with van der Waals surface area (Å²) in [5.41, 5.74) is 0. The first-order chi connectivity index (χ1) is 6.22.